The molecule has 0 amide bonds. The largest absolute Gasteiger partial charge is 0.318 e. The molecule has 2 heteroatoms. The topological polar surface area (TPSA) is 17.1 Å². The van der Waals surface area contributed by atoms with Gasteiger partial charge < -0.3 is 4.57 Å². The summed E-state index contributed by atoms with van der Waals surface area (Å²) < 4.78 is 12.4. The predicted octanol–water partition coefficient (Wildman–Crippen LogP) is 2.63. The molecule has 0 unspecified atom stereocenters. The highest BCUT2D eigenvalue weighted by atomic mass is 31.2. The van der Waals surface area contributed by atoms with Crippen LogP contribution in [0.15, 0.2) is 42.0 Å². The first kappa shape index (κ1) is 8.77. The van der Waals surface area contributed by atoms with Crippen molar-refractivity contribution in [2.75, 3.05) is 12.3 Å². The summed E-state index contributed by atoms with van der Waals surface area (Å²) in [6.45, 7) is 2.06. The van der Waals surface area contributed by atoms with Gasteiger partial charge in [0, 0.05) is 17.6 Å². The van der Waals surface area contributed by atoms with Crippen molar-refractivity contribution < 1.29 is 4.57 Å². The minimum Gasteiger partial charge on any atom is -0.318 e. The van der Waals surface area contributed by atoms with E-state index in [2.05, 4.69) is 13.0 Å². The highest BCUT2D eigenvalue weighted by Crippen LogP contribution is 2.49. The average Bonchev–Trinajstić information content (AvgIpc) is 2.49. The Kier molecular flexibility index (Phi) is 2.13. The van der Waals surface area contributed by atoms with Gasteiger partial charge in [-0.2, -0.15) is 0 Å². The molecule has 1 aliphatic rings. The van der Waals surface area contributed by atoms with Gasteiger partial charge in [0.1, 0.15) is 7.14 Å². The summed E-state index contributed by atoms with van der Waals surface area (Å²) in [5.41, 5.74) is 1.27. The van der Waals surface area contributed by atoms with Crippen LogP contribution in [0.4, 0.5) is 0 Å². The number of hydrogen-bond donors (Lipinski definition) is 0. The van der Waals surface area contributed by atoms with Crippen molar-refractivity contribution in [2.24, 2.45) is 0 Å². The molecule has 0 bridgehead atoms. The van der Waals surface area contributed by atoms with E-state index in [0.717, 1.165) is 17.6 Å². The third-order valence-electron chi connectivity index (χ3n) is 2.47. The van der Waals surface area contributed by atoms with Gasteiger partial charge in [-0.05, 0) is 6.92 Å². The van der Waals surface area contributed by atoms with Crippen LogP contribution in [-0.4, -0.2) is 12.3 Å². The zero-order valence-electron chi connectivity index (χ0n) is 7.73. The lowest BCUT2D eigenvalue weighted by Crippen LogP contribution is -2.05. The molecule has 0 saturated heterocycles. The zero-order chi connectivity index (χ0) is 9.31. The van der Waals surface area contributed by atoms with E-state index in [1.807, 2.05) is 30.3 Å². The number of rotatable bonds is 1. The quantitative estimate of drug-likeness (QED) is 0.493. The zero-order valence-corrected chi connectivity index (χ0v) is 8.63. The fourth-order valence-electron chi connectivity index (χ4n) is 1.73. The van der Waals surface area contributed by atoms with Crippen molar-refractivity contribution in [3.05, 3.63) is 42.0 Å². The Labute approximate surface area is 78.9 Å². The van der Waals surface area contributed by atoms with Crippen LogP contribution >= 0.6 is 7.14 Å². The number of benzene rings is 1. The molecule has 1 aromatic carbocycles. The Morgan fingerprint density at radius 3 is 2.46 bits per heavy atom. The van der Waals surface area contributed by atoms with E-state index in [9.17, 15) is 4.57 Å². The van der Waals surface area contributed by atoms with Gasteiger partial charge in [0.2, 0.25) is 0 Å². The molecule has 1 atom stereocenters. The van der Waals surface area contributed by atoms with Crippen LogP contribution in [0.2, 0.25) is 0 Å². The van der Waals surface area contributed by atoms with Gasteiger partial charge >= 0.3 is 0 Å². The molecule has 2 rings (SSSR count). The van der Waals surface area contributed by atoms with E-state index in [1.54, 1.807) is 0 Å². The molecule has 0 aromatic heterocycles. The summed E-state index contributed by atoms with van der Waals surface area (Å²) >= 11 is 0. The molecule has 1 nitrogen and oxygen atoms in total. The fraction of sp³-hybridized carbons (Fsp3) is 0.273. The fourth-order valence-corrected chi connectivity index (χ4v) is 4.51. The van der Waals surface area contributed by atoms with Crippen molar-refractivity contribution in [2.45, 2.75) is 6.92 Å². The molecule has 0 saturated carbocycles. The molecule has 0 N–H and O–H groups in total. The van der Waals surface area contributed by atoms with Gasteiger partial charge in [0.15, 0.2) is 0 Å². The Balaban J connectivity index is 2.34. The van der Waals surface area contributed by atoms with Crippen LogP contribution < -0.4 is 5.30 Å². The van der Waals surface area contributed by atoms with Gasteiger partial charge in [-0.25, -0.2) is 0 Å². The van der Waals surface area contributed by atoms with Crippen molar-refractivity contribution >= 4 is 12.4 Å². The SMILES string of the molecule is CC1=CC[P@](=O)(c2ccccc2)C1. The molecule has 0 fully saturated rings. The molecular weight excluding hydrogens is 179 g/mol. The lowest BCUT2D eigenvalue weighted by atomic mass is 10.3. The summed E-state index contributed by atoms with van der Waals surface area (Å²) in [4.78, 5) is 0. The average molecular weight is 192 g/mol. The normalized spacial score (nSPS) is 27.3. The maximum absolute atomic E-state index is 12.4. The van der Waals surface area contributed by atoms with Crippen LogP contribution in [0.25, 0.3) is 0 Å². The highest BCUT2D eigenvalue weighted by Gasteiger charge is 2.27. The summed E-state index contributed by atoms with van der Waals surface area (Å²) in [5, 5.41) is 1.03. The smallest absolute Gasteiger partial charge is 0.123 e. The molecule has 0 aliphatic carbocycles. The molecule has 1 aliphatic heterocycles. The van der Waals surface area contributed by atoms with E-state index in [1.165, 1.54) is 5.57 Å². The highest BCUT2D eigenvalue weighted by molar-refractivity contribution is 7.72. The van der Waals surface area contributed by atoms with Crippen LogP contribution in [0.5, 0.6) is 0 Å². The summed E-state index contributed by atoms with van der Waals surface area (Å²) in [7, 11) is -2.07. The molecule has 68 valence electrons. The Bertz CT molecular complexity index is 378. The van der Waals surface area contributed by atoms with Gasteiger partial charge in [0.25, 0.3) is 0 Å². The van der Waals surface area contributed by atoms with Gasteiger partial charge in [-0.15, -0.1) is 0 Å². The first-order valence-electron chi connectivity index (χ1n) is 4.50. The molecule has 1 heterocycles. The lowest BCUT2D eigenvalue weighted by Gasteiger charge is -2.11. The Hall–Kier alpha value is -0.810. The molecule has 1 aromatic rings. The van der Waals surface area contributed by atoms with Crippen LogP contribution in [-0.2, 0) is 4.57 Å². The maximum Gasteiger partial charge on any atom is 0.123 e. The van der Waals surface area contributed by atoms with Crippen LogP contribution in [0, 0.1) is 0 Å². The standard InChI is InChI=1S/C11H13OP/c1-10-7-8-13(12,9-10)11-5-3-2-4-6-11/h2-7H,8-9H2,1H3/t13-/m1/s1. The van der Waals surface area contributed by atoms with Gasteiger partial charge in [-0.3, -0.25) is 0 Å². The number of allylic oxidation sites excluding steroid dienone is 2. The van der Waals surface area contributed by atoms with E-state index < -0.39 is 7.14 Å². The first-order valence-corrected chi connectivity index (χ1v) is 6.58. The van der Waals surface area contributed by atoms with Crippen LogP contribution in [0.3, 0.4) is 0 Å². The minimum atomic E-state index is -2.07. The van der Waals surface area contributed by atoms with E-state index in [0.29, 0.717) is 0 Å². The minimum absolute atomic E-state index is 0.753. The first-order chi connectivity index (χ1) is 6.21. The Morgan fingerprint density at radius 1 is 1.23 bits per heavy atom. The molecule has 0 radical (unpaired) electrons. The predicted molar refractivity (Wildman–Crippen MR) is 57.2 cm³/mol. The second-order valence-electron chi connectivity index (χ2n) is 3.62. The van der Waals surface area contributed by atoms with Crippen molar-refractivity contribution in [3.63, 3.8) is 0 Å². The van der Waals surface area contributed by atoms with E-state index >= 15 is 0 Å². The third kappa shape index (κ3) is 1.62. The monoisotopic (exact) mass is 192 g/mol. The second kappa shape index (κ2) is 3.16. The van der Waals surface area contributed by atoms with Crippen molar-refractivity contribution in [1.82, 2.24) is 0 Å². The van der Waals surface area contributed by atoms with Gasteiger partial charge in [-0.1, -0.05) is 42.0 Å². The molecule has 0 spiro atoms. The third-order valence-corrected chi connectivity index (χ3v) is 5.49. The summed E-state index contributed by atoms with van der Waals surface area (Å²) in [6, 6.07) is 9.84. The molecule has 13 heavy (non-hydrogen) atoms. The summed E-state index contributed by atoms with van der Waals surface area (Å²) in [6.07, 6.45) is 3.63. The lowest BCUT2D eigenvalue weighted by molar-refractivity contribution is 0.585. The van der Waals surface area contributed by atoms with E-state index in [4.69, 9.17) is 0 Å². The number of hydrogen-bond acceptors (Lipinski definition) is 1. The van der Waals surface area contributed by atoms with Crippen LogP contribution in [0.1, 0.15) is 6.92 Å². The second-order valence-corrected chi connectivity index (χ2v) is 6.59. The van der Waals surface area contributed by atoms with Gasteiger partial charge in [0.05, 0.1) is 0 Å². The maximum atomic E-state index is 12.4. The summed E-state index contributed by atoms with van der Waals surface area (Å²) in [5.74, 6) is 0. The Morgan fingerprint density at radius 2 is 1.92 bits per heavy atom. The van der Waals surface area contributed by atoms with Crippen molar-refractivity contribution in [1.29, 1.82) is 0 Å². The van der Waals surface area contributed by atoms with E-state index in [-0.39, 0.29) is 0 Å². The molecular formula is C11H13OP. The van der Waals surface area contributed by atoms with Crippen molar-refractivity contribution in [3.8, 4) is 0 Å².